The summed E-state index contributed by atoms with van der Waals surface area (Å²) < 4.78 is 15.2. The Hall–Kier alpha value is -2.02. The minimum Gasteiger partial charge on any atom is -0.463 e. The fourth-order valence-corrected chi connectivity index (χ4v) is 2.43. The minimum atomic E-state index is -0.772. The van der Waals surface area contributed by atoms with Gasteiger partial charge in [-0.3, -0.25) is 4.79 Å². The van der Waals surface area contributed by atoms with Crippen LogP contribution in [-0.4, -0.2) is 35.4 Å². The number of aromatic nitrogens is 1. The van der Waals surface area contributed by atoms with Gasteiger partial charge in [0.25, 0.3) is 5.22 Å². The van der Waals surface area contributed by atoms with Crippen molar-refractivity contribution in [2.24, 2.45) is 0 Å². The first-order chi connectivity index (χ1) is 9.72. The van der Waals surface area contributed by atoms with E-state index in [0.717, 1.165) is 17.3 Å². The van der Waals surface area contributed by atoms with Gasteiger partial charge in [0.1, 0.15) is 11.3 Å². The van der Waals surface area contributed by atoms with Gasteiger partial charge >= 0.3 is 11.9 Å². The first-order valence-electron chi connectivity index (χ1n) is 6.07. The minimum absolute atomic E-state index is 0.0383. The third kappa shape index (κ3) is 2.77. The van der Waals surface area contributed by atoms with Gasteiger partial charge in [0.05, 0.1) is 6.61 Å². The van der Waals surface area contributed by atoms with E-state index in [1.165, 1.54) is 0 Å². The highest BCUT2D eigenvalue weighted by molar-refractivity contribution is 7.99. The Bertz CT molecular complexity index is 620. The lowest BCUT2D eigenvalue weighted by Gasteiger charge is -2.06. The third-order valence-electron chi connectivity index (χ3n) is 2.75. The molecule has 1 aromatic heterocycles. The second kappa shape index (κ2) is 5.54. The quantitative estimate of drug-likeness (QED) is 0.628. The zero-order chi connectivity index (χ0) is 13.9. The maximum absolute atomic E-state index is 11.6. The number of nitrogens with zero attached hydrogens (tertiary/aromatic N) is 1. The molecule has 1 atom stereocenters. The highest BCUT2D eigenvalue weighted by Crippen LogP contribution is 2.23. The standard InChI is InChI=1S/C13H11NO5S/c15-11(18-10-5-6-17-12(10)16)7-20-13-14-8-3-1-2-4-9(8)19-13/h1-4,10H,5-7H2/t10-/m1/s1. The Morgan fingerprint density at radius 1 is 1.45 bits per heavy atom. The molecule has 1 fully saturated rings. The summed E-state index contributed by atoms with van der Waals surface area (Å²) in [7, 11) is 0. The summed E-state index contributed by atoms with van der Waals surface area (Å²) in [5.74, 6) is -0.928. The lowest BCUT2D eigenvalue weighted by atomic mass is 10.3. The van der Waals surface area contributed by atoms with Gasteiger partial charge in [-0.15, -0.1) is 0 Å². The van der Waals surface area contributed by atoms with Crippen molar-refractivity contribution in [3.05, 3.63) is 24.3 Å². The number of thioether (sulfide) groups is 1. The molecular formula is C13H11NO5S. The Labute approximate surface area is 118 Å². The number of cyclic esters (lactones) is 1. The predicted molar refractivity (Wildman–Crippen MR) is 70.2 cm³/mol. The van der Waals surface area contributed by atoms with Gasteiger partial charge in [0.15, 0.2) is 5.58 Å². The monoisotopic (exact) mass is 293 g/mol. The second-order valence-corrected chi connectivity index (χ2v) is 5.10. The number of para-hydroxylation sites is 2. The molecule has 0 saturated carbocycles. The molecule has 1 aliphatic heterocycles. The number of carbonyl (C=O) groups is 2. The van der Waals surface area contributed by atoms with E-state index in [4.69, 9.17) is 13.9 Å². The summed E-state index contributed by atoms with van der Waals surface area (Å²) in [5, 5.41) is 0.400. The van der Waals surface area contributed by atoms with Crippen molar-refractivity contribution in [3.8, 4) is 0 Å². The van der Waals surface area contributed by atoms with Gasteiger partial charge in [-0.1, -0.05) is 23.9 Å². The van der Waals surface area contributed by atoms with E-state index in [-0.39, 0.29) is 5.75 Å². The van der Waals surface area contributed by atoms with Gasteiger partial charge in [-0.05, 0) is 12.1 Å². The van der Waals surface area contributed by atoms with E-state index in [2.05, 4.69) is 4.98 Å². The van der Waals surface area contributed by atoms with E-state index in [1.807, 2.05) is 18.2 Å². The number of oxazole rings is 1. The first kappa shape index (κ1) is 13.0. The van der Waals surface area contributed by atoms with Crippen molar-refractivity contribution >= 4 is 34.8 Å². The van der Waals surface area contributed by atoms with Crippen molar-refractivity contribution < 1.29 is 23.5 Å². The molecule has 104 valence electrons. The molecule has 0 bridgehead atoms. The van der Waals surface area contributed by atoms with Crippen molar-refractivity contribution in [1.29, 1.82) is 0 Å². The van der Waals surface area contributed by atoms with E-state index in [0.29, 0.717) is 23.8 Å². The molecule has 7 heteroatoms. The van der Waals surface area contributed by atoms with Crippen LogP contribution in [0.2, 0.25) is 0 Å². The van der Waals surface area contributed by atoms with Crippen LogP contribution in [0.25, 0.3) is 11.1 Å². The Morgan fingerprint density at radius 3 is 3.05 bits per heavy atom. The fraction of sp³-hybridized carbons (Fsp3) is 0.308. The molecule has 0 amide bonds. The number of hydrogen-bond acceptors (Lipinski definition) is 7. The van der Waals surface area contributed by atoms with Gasteiger partial charge in [0.2, 0.25) is 6.10 Å². The van der Waals surface area contributed by atoms with Gasteiger partial charge in [0, 0.05) is 6.42 Å². The molecule has 0 unspecified atom stereocenters. The molecule has 0 radical (unpaired) electrons. The Morgan fingerprint density at radius 2 is 2.30 bits per heavy atom. The van der Waals surface area contributed by atoms with Crippen LogP contribution in [0, 0.1) is 0 Å². The maximum Gasteiger partial charge on any atom is 0.347 e. The molecule has 6 nitrogen and oxygen atoms in total. The number of benzene rings is 1. The summed E-state index contributed by atoms with van der Waals surface area (Å²) in [6.07, 6.45) is -0.357. The molecule has 0 spiro atoms. The summed E-state index contributed by atoms with van der Waals surface area (Å²) in [6.45, 7) is 0.301. The summed E-state index contributed by atoms with van der Waals surface area (Å²) in [6, 6.07) is 7.34. The average Bonchev–Trinajstić information content (AvgIpc) is 3.03. The van der Waals surface area contributed by atoms with Gasteiger partial charge in [-0.2, -0.15) is 0 Å². The van der Waals surface area contributed by atoms with Crippen LogP contribution >= 0.6 is 11.8 Å². The highest BCUT2D eigenvalue weighted by Gasteiger charge is 2.30. The van der Waals surface area contributed by atoms with Crippen LogP contribution in [-0.2, 0) is 19.1 Å². The second-order valence-electron chi connectivity index (χ2n) is 4.17. The molecule has 1 aromatic carbocycles. The van der Waals surface area contributed by atoms with Crippen LogP contribution in [0.3, 0.4) is 0 Å². The van der Waals surface area contributed by atoms with Crippen molar-refractivity contribution in [2.75, 3.05) is 12.4 Å². The molecule has 1 aliphatic rings. The SMILES string of the molecule is O=C(CSc1nc2ccccc2o1)O[C@@H]1CCOC1=O. The molecule has 2 heterocycles. The van der Waals surface area contributed by atoms with Gasteiger partial charge in [-0.25, -0.2) is 9.78 Å². The highest BCUT2D eigenvalue weighted by atomic mass is 32.2. The smallest absolute Gasteiger partial charge is 0.347 e. The normalized spacial score (nSPS) is 18.2. The van der Waals surface area contributed by atoms with Crippen molar-refractivity contribution in [3.63, 3.8) is 0 Å². The van der Waals surface area contributed by atoms with E-state index < -0.39 is 18.0 Å². The number of ether oxygens (including phenoxy) is 2. The van der Waals surface area contributed by atoms with Crippen LogP contribution in [0.15, 0.2) is 33.9 Å². The molecule has 2 aromatic rings. The van der Waals surface area contributed by atoms with E-state index in [1.54, 1.807) is 6.07 Å². The topological polar surface area (TPSA) is 78.6 Å². The zero-order valence-electron chi connectivity index (χ0n) is 10.4. The average molecular weight is 293 g/mol. The number of esters is 2. The van der Waals surface area contributed by atoms with E-state index >= 15 is 0 Å². The van der Waals surface area contributed by atoms with E-state index in [9.17, 15) is 9.59 Å². The molecule has 0 aliphatic carbocycles. The number of carbonyl (C=O) groups excluding carboxylic acids is 2. The zero-order valence-corrected chi connectivity index (χ0v) is 11.2. The van der Waals surface area contributed by atoms with Crippen molar-refractivity contribution in [2.45, 2.75) is 17.7 Å². The first-order valence-corrected chi connectivity index (χ1v) is 7.05. The van der Waals surface area contributed by atoms with Crippen LogP contribution in [0.4, 0.5) is 0 Å². The van der Waals surface area contributed by atoms with Crippen LogP contribution in [0.1, 0.15) is 6.42 Å². The predicted octanol–water partition coefficient (Wildman–Crippen LogP) is 1.78. The number of hydrogen-bond donors (Lipinski definition) is 0. The summed E-state index contributed by atoms with van der Waals surface area (Å²) in [5.41, 5.74) is 1.41. The van der Waals surface area contributed by atoms with Crippen LogP contribution in [0.5, 0.6) is 0 Å². The number of fused-ring (bicyclic) bond motifs is 1. The van der Waals surface area contributed by atoms with Crippen molar-refractivity contribution in [1.82, 2.24) is 4.98 Å². The molecular weight excluding hydrogens is 282 g/mol. The Balaban J connectivity index is 1.56. The Kier molecular flexibility index (Phi) is 3.60. The summed E-state index contributed by atoms with van der Waals surface area (Å²) >= 11 is 1.13. The molecule has 3 rings (SSSR count). The third-order valence-corrected chi connectivity index (χ3v) is 3.55. The number of rotatable bonds is 4. The lowest BCUT2D eigenvalue weighted by Crippen LogP contribution is -2.23. The van der Waals surface area contributed by atoms with Crippen LogP contribution < -0.4 is 0 Å². The summed E-state index contributed by atoms with van der Waals surface area (Å²) in [4.78, 5) is 27.0. The van der Waals surface area contributed by atoms with Gasteiger partial charge < -0.3 is 13.9 Å². The molecule has 20 heavy (non-hydrogen) atoms. The molecule has 1 saturated heterocycles. The molecule has 0 N–H and O–H groups in total. The largest absolute Gasteiger partial charge is 0.463 e. The fourth-order valence-electron chi connectivity index (χ4n) is 1.81. The lowest BCUT2D eigenvalue weighted by molar-refractivity contribution is -0.158. The maximum atomic E-state index is 11.6.